The zero-order valence-electron chi connectivity index (χ0n) is 41.2. The summed E-state index contributed by atoms with van der Waals surface area (Å²) in [7, 11) is 0. The number of rotatable bonds is 1. The molecule has 22 rings (SSSR count). The molecule has 0 aliphatic carbocycles. The number of furan rings is 2. The number of para-hydroxylation sites is 6. The van der Waals surface area contributed by atoms with Gasteiger partial charge in [-0.3, -0.25) is 0 Å². The molecular formula is C72H34N4O2. The fourth-order valence-electron chi connectivity index (χ4n) is 16.0. The van der Waals surface area contributed by atoms with E-state index in [-0.39, 0.29) is 0 Å². The third-order valence-electron chi connectivity index (χ3n) is 18.8. The molecule has 0 aliphatic rings. The van der Waals surface area contributed by atoms with Crippen molar-refractivity contribution in [2.75, 3.05) is 0 Å². The summed E-state index contributed by atoms with van der Waals surface area (Å²) in [6, 6.07) is 76.8. The molecule has 0 amide bonds. The summed E-state index contributed by atoms with van der Waals surface area (Å²) in [5.41, 5.74) is 20.7. The van der Waals surface area contributed by atoms with Crippen LogP contribution in [0.5, 0.6) is 0 Å². The van der Waals surface area contributed by atoms with Crippen molar-refractivity contribution in [2.24, 2.45) is 0 Å². The van der Waals surface area contributed by atoms with E-state index in [2.05, 4.69) is 224 Å². The van der Waals surface area contributed by atoms with Crippen LogP contribution in [-0.2, 0) is 0 Å². The van der Waals surface area contributed by atoms with Gasteiger partial charge in [0.05, 0.1) is 71.6 Å². The van der Waals surface area contributed by atoms with Crippen LogP contribution in [0.15, 0.2) is 215 Å². The molecule has 0 spiro atoms. The Balaban J connectivity index is 0.903. The molecule has 0 unspecified atom stereocenters. The van der Waals surface area contributed by atoms with Crippen LogP contribution in [0, 0.1) is 0 Å². The maximum absolute atomic E-state index is 6.98. The maximum Gasteiger partial charge on any atom is 0.145 e. The van der Waals surface area contributed by atoms with E-state index in [1.165, 1.54) is 169 Å². The minimum absolute atomic E-state index is 0.905. The van der Waals surface area contributed by atoms with Crippen molar-refractivity contribution in [3.8, 4) is 11.1 Å². The summed E-state index contributed by atoms with van der Waals surface area (Å²) >= 11 is 0. The fourth-order valence-corrected chi connectivity index (χ4v) is 16.0. The summed E-state index contributed by atoms with van der Waals surface area (Å²) in [5, 5.41) is 24.6. The smallest absolute Gasteiger partial charge is 0.145 e. The number of nitrogens with zero attached hydrogens (tertiary/aromatic N) is 4. The van der Waals surface area contributed by atoms with Crippen LogP contribution >= 0.6 is 0 Å². The molecule has 0 saturated heterocycles. The van der Waals surface area contributed by atoms with Gasteiger partial charge in [-0.15, -0.1) is 0 Å². The van der Waals surface area contributed by atoms with E-state index in [9.17, 15) is 0 Å². The molecule has 0 radical (unpaired) electrons. The first-order valence-corrected chi connectivity index (χ1v) is 27.0. The lowest BCUT2D eigenvalue weighted by Crippen LogP contribution is -1.85. The molecule has 0 bridgehead atoms. The summed E-state index contributed by atoms with van der Waals surface area (Å²) < 4.78 is 24.1. The molecular weight excluding hydrogens is 953 g/mol. The van der Waals surface area contributed by atoms with Crippen molar-refractivity contribution < 1.29 is 8.83 Å². The van der Waals surface area contributed by atoms with E-state index in [1.54, 1.807) is 0 Å². The van der Waals surface area contributed by atoms with E-state index >= 15 is 0 Å². The summed E-state index contributed by atoms with van der Waals surface area (Å²) in [4.78, 5) is 0. The Labute approximate surface area is 437 Å². The Hall–Kier alpha value is -10.6. The molecule has 12 aromatic carbocycles. The fraction of sp³-hybridized carbons (Fsp3) is 0. The van der Waals surface area contributed by atoms with E-state index in [4.69, 9.17) is 8.83 Å². The predicted octanol–water partition coefficient (Wildman–Crippen LogP) is 19.8. The molecule has 10 heterocycles. The molecule has 0 atom stereocenters. The molecule has 6 nitrogen and oxygen atoms in total. The number of aromatic nitrogens is 4. The van der Waals surface area contributed by atoms with Gasteiger partial charge >= 0.3 is 0 Å². The minimum Gasteiger partial charge on any atom is -0.456 e. The highest BCUT2D eigenvalue weighted by Gasteiger charge is 2.31. The van der Waals surface area contributed by atoms with Gasteiger partial charge in [0, 0.05) is 102 Å². The Bertz CT molecular complexity index is 6550. The van der Waals surface area contributed by atoms with Crippen LogP contribution < -0.4 is 0 Å². The Morgan fingerprint density at radius 3 is 1.40 bits per heavy atom. The Morgan fingerprint density at radius 1 is 0.218 bits per heavy atom. The first-order valence-electron chi connectivity index (χ1n) is 27.0. The van der Waals surface area contributed by atoms with Crippen molar-refractivity contribution >= 4 is 196 Å². The van der Waals surface area contributed by atoms with Crippen LogP contribution in [0.4, 0.5) is 0 Å². The van der Waals surface area contributed by atoms with E-state index in [1.807, 2.05) is 0 Å². The number of benzene rings is 12. The van der Waals surface area contributed by atoms with Crippen LogP contribution in [0.3, 0.4) is 0 Å². The zero-order valence-corrected chi connectivity index (χ0v) is 41.2. The zero-order chi connectivity index (χ0) is 49.7. The molecule has 0 saturated carbocycles. The number of fused-ring (bicyclic) bond motifs is 34. The summed E-state index contributed by atoms with van der Waals surface area (Å²) in [5.74, 6) is 0. The van der Waals surface area contributed by atoms with Crippen LogP contribution in [0.1, 0.15) is 0 Å². The lowest BCUT2D eigenvalue weighted by molar-refractivity contribution is 0.669. The second kappa shape index (κ2) is 12.4. The van der Waals surface area contributed by atoms with Crippen molar-refractivity contribution in [1.82, 2.24) is 17.6 Å². The standard InChI is InChI=1S/C72H34N4O2/c1-8-22-50-37(14-1)44-31-47-39-16-5-11-26-57(39)78-72(47)67-65-56(75(50)70(44)67)33-46-43-30-35(28-29-53(43)74-52-24-10-4-18-41(52)63(65)69(46)74)36-20-13-25-54-60(36)48-34-59-61(42-19-6-12-27-58(42)77-59)66-64-55(76(54)71(48)66)32-45-38-15-2-7-21-49(38)73-51-23-9-3-17-40(51)62(64)68(45)73/h1-34H. The molecule has 6 heteroatoms. The second-order valence-corrected chi connectivity index (χ2v) is 22.2. The SMILES string of the molecule is c1ccc2c(c1)oc1c2cc2c3ccccc3n3c4cc5c6cc(-c7cccc8c7c7cc9oc%10ccccc%10c9c9c%10c%11c%12ccccc%12n%12c%13ccccc%13c(cc%10n8c79)c%11%12)ccc6n6c7ccccc7c(c4c1c23)c56. The largest absolute Gasteiger partial charge is 0.456 e. The number of hydrogen-bond donors (Lipinski definition) is 0. The van der Waals surface area contributed by atoms with Crippen molar-refractivity contribution in [2.45, 2.75) is 0 Å². The Kier molecular flexibility index (Phi) is 6.05. The topological polar surface area (TPSA) is 43.9 Å². The van der Waals surface area contributed by atoms with Gasteiger partial charge in [0.15, 0.2) is 0 Å². The van der Waals surface area contributed by atoms with Gasteiger partial charge in [0.1, 0.15) is 22.3 Å². The predicted molar refractivity (Wildman–Crippen MR) is 325 cm³/mol. The third kappa shape index (κ3) is 3.95. The average molecular weight is 987 g/mol. The van der Waals surface area contributed by atoms with Gasteiger partial charge in [0.2, 0.25) is 0 Å². The van der Waals surface area contributed by atoms with Crippen molar-refractivity contribution in [3.63, 3.8) is 0 Å². The highest BCUT2D eigenvalue weighted by atomic mass is 16.3. The monoisotopic (exact) mass is 986 g/mol. The third-order valence-corrected chi connectivity index (χ3v) is 18.8. The van der Waals surface area contributed by atoms with E-state index in [0.717, 1.165) is 38.5 Å². The van der Waals surface area contributed by atoms with E-state index in [0.29, 0.717) is 0 Å². The summed E-state index contributed by atoms with van der Waals surface area (Å²) in [6.07, 6.45) is 0. The van der Waals surface area contributed by atoms with Gasteiger partial charge < -0.3 is 26.4 Å². The first-order chi connectivity index (χ1) is 38.7. The molecule has 10 aromatic heterocycles. The van der Waals surface area contributed by atoms with Crippen LogP contribution in [0.2, 0.25) is 0 Å². The highest BCUT2D eigenvalue weighted by Crippen LogP contribution is 2.55. The molecule has 78 heavy (non-hydrogen) atoms. The maximum atomic E-state index is 6.98. The molecule has 0 aliphatic heterocycles. The van der Waals surface area contributed by atoms with Crippen LogP contribution in [0.25, 0.3) is 207 Å². The van der Waals surface area contributed by atoms with Gasteiger partial charge in [0.25, 0.3) is 0 Å². The lowest BCUT2D eigenvalue weighted by atomic mass is 9.94. The van der Waals surface area contributed by atoms with E-state index < -0.39 is 0 Å². The first kappa shape index (κ1) is 38.1. The molecule has 22 aromatic rings. The highest BCUT2D eigenvalue weighted by molar-refractivity contribution is 6.45. The van der Waals surface area contributed by atoms with Crippen LogP contribution in [-0.4, -0.2) is 17.6 Å². The lowest BCUT2D eigenvalue weighted by Gasteiger charge is -2.08. The average Bonchev–Trinajstić information content (AvgIpc) is 4.31. The molecule has 0 fully saturated rings. The van der Waals surface area contributed by atoms with Gasteiger partial charge in [-0.05, 0) is 90.0 Å². The Morgan fingerprint density at radius 2 is 0.705 bits per heavy atom. The summed E-state index contributed by atoms with van der Waals surface area (Å²) in [6.45, 7) is 0. The van der Waals surface area contributed by atoms with Crippen molar-refractivity contribution in [3.05, 3.63) is 206 Å². The second-order valence-electron chi connectivity index (χ2n) is 22.2. The molecule has 354 valence electrons. The van der Waals surface area contributed by atoms with Crippen molar-refractivity contribution in [1.29, 1.82) is 0 Å². The van der Waals surface area contributed by atoms with Gasteiger partial charge in [-0.25, -0.2) is 0 Å². The molecule has 0 N–H and O–H groups in total. The van der Waals surface area contributed by atoms with Gasteiger partial charge in [-0.2, -0.15) is 0 Å². The normalized spacial score (nSPS) is 13.4. The van der Waals surface area contributed by atoms with Gasteiger partial charge in [-0.1, -0.05) is 127 Å². The minimum atomic E-state index is 0.905. The quantitative estimate of drug-likeness (QED) is 0.164. The number of hydrogen-bond acceptors (Lipinski definition) is 2.